The van der Waals surface area contributed by atoms with Gasteiger partial charge < -0.3 is 5.21 Å². The molecule has 0 radical (unpaired) electrons. The highest BCUT2D eigenvalue weighted by molar-refractivity contribution is 6.32. The van der Waals surface area contributed by atoms with Gasteiger partial charge in [-0.1, -0.05) is 11.6 Å². The molecule has 0 saturated heterocycles. The van der Waals surface area contributed by atoms with Gasteiger partial charge in [0.05, 0.1) is 10.5 Å². The van der Waals surface area contributed by atoms with Crippen molar-refractivity contribution in [1.82, 2.24) is 0 Å². The molecule has 0 saturated carbocycles. The van der Waals surface area contributed by atoms with E-state index in [-0.39, 0.29) is 16.5 Å². The van der Waals surface area contributed by atoms with Crippen LogP contribution in [0.1, 0.15) is 5.56 Å². The van der Waals surface area contributed by atoms with Crippen LogP contribution >= 0.6 is 11.6 Å². The highest BCUT2D eigenvalue weighted by Gasteiger charge is 2.35. The van der Waals surface area contributed by atoms with Crippen LogP contribution in [-0.4, -0.2) is 4.92 Å². The third-order valence-electron chi connectivity index (χ3n) is 2.73. The number of halogens is 5. The maximum atomic E-state index is 13.2. The van der Waals surface area contributed by atoms with Gasteiger partial charge in [-0.2, -0.15) is 22.3 Å². The summed E-state index contributed by atoms with van der Waals surface area (Å²) in [7, 11) is 0. The van der Waals surface area contributed by atoms with Gasteiger partial charge in [-0.3, -0.25) is 10.1 Å². The van der Waals surface area contributed by atoms with Crippen molar-refractivity contribution in [2.45, 2.75) is 6.18 Å². The van der Waals surface area contributed by atoms with Gasteiger partial charge in [0.2, 0.25) is 11.5 Å². The van der Waals surface area contributed by atoms with Crippen LogP contribution in [0.15, 0.2) is 30.5 Å². The van der Waals surface area contributed by atoms with E-state index in [4.69, 9.17) is 11.6 Å². The van der Waals surface area contributed by atoms with Crippen molar-refractivity contribution in [3.63, 3.8) is 0 Å². The summed E-state index contributed by atoms with van der Waals surface area (Å²) in [6.45, 7) is 0. The van der Waals surface area contributed by atoms with Crippen molar-refractivity contribution in [3.8, 4) is 11.3 Å². The number of nitro groups is 1. The number of rotatable bonds is 2. The molecule has 0 aliphatic heterocycles. The normalized spacial score (nSPS) is 11.5. The van der Waals surface area contributed by atoms with Crippen LogP contribution in [0.4, 0.5) is 23.2 Å². The van der Waals surface area contributed by atoms with Crippen LogP contribution < -0.4 is 4.73 Å². The summed E-state index contributed by atoms with van der Waals surface area (Å²) >= 11 is 5.66. The lowest BCUT2D eigenvalue weighted by Crippen LogP contribution is -2.31. The molecule has 1 aromatic heterocycles. The molecule has 5 nitrogen and oxygen atoms in total. The van der Waals surface area contributed by atoms with Crippen molar-refractivity contribution in [2.24, 2.45) is 0 Å². The minimum atomic E-state index is -4.77. The summed E-state index contributed by atoms with van der Waals surface area (Å²) in [4.78, 5) is 9.64. The summed E-state index contributed by atoms with van der Waals surface area (Å²) in [6, 6.07) is 2.96. The quantitative estimate of drug-likeness (QED) is 0.276. The Morgan fingerprint density at radius 3 is 2.36 bits per heavy atom. The molecule has 2 rings (SSSR count). The van der Waals surface area contributed by atoms with E-state index in [9.17, 15) is 32.9 Å². The van der Waals surface area contributed by atoms with Gasteiger partial charge in [-0.15, -0.1) is 0 Å². The third kappa shape index (κ3) is 2.93. The topological polar surface area (TPSA) is 70.1 Å². The molecule has 2 aromatic rings. The minimum absolute atomic E-state index is 0.165. The lowest BCUT2D eigenvalue weighted by Gasteiger charge is -2.11. The molecule has 0 spiro atoms. The molecule has 22 heavy (non-hydrogen) atoms. The zero-order valence-electron chi connectivity index (χ0n) is 10.4. The van der Waals surface area contributed by atoms with E-state index in [0.717, 1.165) is 18.2 Å². The van der Waals surface area contributed by atoms with Crippen molar-refractivity contribution in [2.75, 3.05) is 0 Å². The van der Waals surface area contributed by atoms with Crippen molar-refractivity contribution < 1.29 is 27.2 Å². The van der Waals surface area contributed by atoms with E-state index in [2.05, 4.69) is 0 Å². The molecule has 0 bridgehead atoms. The van der Waals surface area contributed by atoms with E-state index in [1.165, 1.54) is 0 Å². The number of nitro benzene ring substituents is 1. The van der Waals surface area contributed by atoms with Crippen LogP contribution in [0, 0.1) is 21.1 Å². The predicted molar refractivity (Wildman–Crippen MR) is 67.5 cm³/mol. The highest BCUT2D eigenvalue weighted by Crippen LogP contribution is 2.34. The monoisotopic (exact) mass is 336 g/mol. The SMILES string of the molecule is O=[N+]([O-])c1cc(-c2c(Cl)cc(C(F)(F)F)c[n+]2[O-])ccc1F. The fourth-order valence-electron chi connectivity index (χ4n) is 1.76. The Balaban J connectivity index is 2.64. The fourth-order valence-corrected chi connectivity index (χ4v) is 2.07. The maximum absolute atomic E-state index is 13.2. The van der Waals surface area contributed by atoms with Gasteiger partial charge in [0.1, 0.15) is 10.6 Å². The second-order valence-corrected chi connectivity index (χ2v) is 4.58. The summed E-state index contributed by atoms with van der Waals surface area (Å²) < 4.78 is 50.8. The first-order chi connectivity index (χ1) is 10.1. The first kappa shape index (κ1) is 16.0. The minimum Gasteiger partial charge on any atom is -0.618 e. The van der Waals surface area contributed by atoms with Gasteiger partial charge in [0.15, 0.2) is 6.20 Å². The lowest BCUT2D eigenvalue weighted by atomic mass is 10.1. The van der Waals surface area contributed by atoms with Crippen LogP contribution in [0.3, 0.4) is 0 Å². The average Bonchev–Trinajstić information content (AvgIpc) is 2.38. The zero-order chi connectivity index (χ0) is 16.7. The molecule has 0 unspecified atom stereocenters. The molecule has 0 aliphatic carbocycles. The molecule has 0 atom stereocenters. The molecule has 0 amide bonds. The van der Waals surface area contributed by atoms with Crippen LogP contribution in [0.2, 0.25) is 5.02 Å². The van der Waals surface area contributed by atoms with Gasteiger partial charge in [0.25, 0.3) is 0 Å². The molecule has 1 heterocycles. The van der Waals surface area contributed by atoms with Crippen LogP contribution in [0.25, 0.3) is 11.3 Å². The zero-order valence-corrected chi connectivity index (χ0v) is 11.2. The number of nitrogens with zero attached hydrogens (tertiary/aromatic N) is 2. The van der Waals surface area contributed by atoms with E-state index in [1.807, 2.05) is 0 Å². The standard InChI is InChI=1S/C12H5ClF4N2O3/c13-8-4-7(12(15,16)17)5-18(20)11(8)6-1-2-9(14)10(3-6)19(21)22/h1-5H. The molecule has 1 aromatic carbocycles. The second kappa shape index (κ2) is 5.41. The Hall–Kier alpha value is -2.42. The highest BCUT2D eigenvalue weighted by atomic mass is 35.5. The van der Waals surface area contributed by atoms with E-state index in [1.54, 1.807) is 0 Å². The molecule has 0 aliphatic rings. The average molecular weight is 337 g/mol. The third-order valence-corrected chi connectivity index (χ3v) is 3.02. The molecule has 0 N–H and O–H groups in total. The Labute approximate surface area is 125 Å². The van der Waals surface area contributed by atoms with Crippen molar-refractivity contribution >= 4 is 17.3 Å². The number of hydrogen-bond donors (Lipinski definition) is 0. The smallest absolute Gasteiger partial charge is 0.422 e. The lowest BCUT2D eigenvalue weighted by molar-refractivity contribution is -0.594. The first-order valence-electron chi connectivity index (χ1n) is 5.55. The summed E-state index contributed by atoms with van der Waals surface area (Å²) in [6.07, 6.45) is -4.53. The predicted octanol–water partition coefficient (Wildman–Crippen LogP) is 3.71. The molecule has 10 heteroatoms. The van der Waals surface area contributed by atoms with Gasteiger partial charge in [-0.25, -0.2) is 0 Å². The van der Waals surface area contributed by atoms with Gasteiger partial charge >= 0.3 is 11.9 Å². The second-order valence-electron chi connectivity index (χ2n) is 4.17. The number of alkyl halides is 3. The van der Waals surface area contributed by atoms with Gasteiger partial charge in [0, 0.05) is 6.07 Å². The van der Waals surface area contributed by atoms with E-state index in [0.29, 0.717) is 6.07 Å². The Morgan fingerprint density at radius 1 is 1.23 bits per heavy atom. The Bertz CT molecular complexity index is 742. The maximum Gasteiger partial charge on any atom is 0.422 e. The van der Waals surface area contributed by atoms with Crippen LogP contribution in [-0.2, 0) is 6.18 Å². The molecular weight excluding hydrogens is 332 g/mol. The summed E-state index contributed by atoms with van der Waals surface area (Å²) in [5.74, 6) is -1.14. The molecular formula is C12H5ClF4N2O3. The number of benzene rings is 1. The first-order valence-corrected chi connectivity index (χ1v) is 5.93. The molecule has 116 valence electrons. The number of hydrogen-bond acceptors (Lipinski definition) is 3. The Kier molecular flexibility index (Phi) is 3.92. The summed E-state index contributed by atoms with van der Waals surface area (Å²) in [5.41, 5.74) is -2.82. The largest absolute Gasteiger partial charge is 0.618 e. The van der Waals surface area contributed by atoms with Gasteiger partial charge in [-0.05, 0) is 18.2 Å². The van der Waals surface area contributed by atoms with E-state index < -0.39 is 38.9 Å². The van der Waals surface area contributed by atoms with Crippen molar-refractivity contribution in [3.05, 3.63) is 62.2 Å². The molecule has 0 fully saturated rings. The fraction of sp³-hybridized carbons (Fsp3) is 0.0833. The number of aromatic nitrogens is 1. The Morgan fingerprint density at radius 2 is 1.86 bits per heavy atom. The number of pyridine rings is 1. The van der Waals surface area contributed by atoms with E-state index >= 15 is 0 Å². The van der Waals surface area contributed by atoms with Crippen molar-refractivity contribution in [1.29, 1.82) is 0 Å². The van der Waals surface area contributed by atoms with Crippen LogP contribution in [0.5, 0.6) is 0 Å². The summed E-state index contributed by atoms with van der Waals surface area (Å²) in [5, 5.41) is 21.8.